The van der Waals surface area contributed by atoms with E-state index in [-0.39, 0.29) is 65.3 Å². The van der Waals surface area contributed by atoms with Crippen molar-refractivity contribution in [3.63, 3.8) is 0 Å². The summed E-state index contributed by atoms with van der Waals surface area (Å²) >= 11 is 0. The van der Waals surface area contributed by atoms with Crippen molar-refractivity contribution in [1.29, 1.82) is 0 Å². The highest BCUT2D eigenvalue weighted by Gasteiger charge is 2.20. The minimum atomic E-state index is -0.713. The Morgan fingerprint density at radius 2 is 0.487 bits per heavy atom. The molecule has 78 heavy (non-hydrogen) atoms. The molecule has 14 aromatic carbocycles. The van der Waals surface area contributed by atoms with Crippen molar-refractivity contribution in [3.8, 4) is 66.8 Å². The van der Waals surface area contributed by atoms with Gasteiger partial charge in [0.05, 0.1) is 35.6 Å². The number of rotatable bonds is 6. The third-order valence-electron chi connectivity index (χ3n) is 14.0. The average Bonchev–Trinajstić information content (AvgIpc) is 0.749. The molecule has 0 radical (unpaired) electrons. The summed E-state index contributed by atoms with van der Waals surface area (Å²) in [4.78, 5) is 0. The molecule has 0 N–H and O–H groups in total. The van der Waals surface area contributed by atoms with Crippen LogP contribution in [0, 0.1) is 0 Å². The quantitative estimate of drug-likeness (QED) is 0.155. The van der Waals surface area contributed by atoms with Gasteiger partial charge in [0.2, 0.25) is 0 Å². The van der Waals surface area contributed by atoms with Crippen LogP contribution >= 0.6 is 0 Å². The summed E-state index contributed by atoms with van der Waals surface area (Å²) in [5.74, 6) is 0. The zero-order valence-electron chi connectivity index (χ0n) is 66.5. The molecular formula is C76H48O2. The zero-order valence-corrected chi connectivity index (χ0v) is 40.5. The molecule has 2 heterocycles. The van der Waals surface area contributed by atoms with Gasteiger partial charge in [-0.2, -0.15) is 0 Å². The number of benzene rings is 14. The maximum atomic E-state index is 9.18. The molecular weight excluding hydrogens is 945 g/mol. The molecule has 364 valence electrons. The fraction of sp³-hybridized carbons (Fsp3) is 0. The van der Waals surface area contributed by atoms with Crippen molar-refractivity contribution >= 4 is 87.0 Å². The van der Waals surface area contributed by atoms with Gasteiger partial charge in [0, 0.05) is 21.5 Å². The maximum Gasteiger partial charge on any atom is 0.136 e. The summed E-state index contributed by atoms with van der Waals surface area (Å²) in [5.41, 5.74) is 5.31. The maximum absolute atomic E-state index is 9.18. The Hall–Kier alpha value is -10.3. The van der Waals surface area contributed by atoms with Crippen LogP contribution in [0.25, 0.3) is 154 Å². The summed E-state index contributed by atoms with van der Waals surface area (Å²) in [7, 11) is 0. The second kappa shape index (κ2) is 18.8. The highest BCUT2D eigenvalue weighted by atomic mass is 16.3. The molecule has 0 aliphatic rings. The van der Waals surface area contributed by atoms with Gasteiger partial charge < -0.3 is 8.83 Å². The van der Waals surface area contributed by atoms with Crippen LogP contribution in [0.1, 0.15) is 35.6 Å². The predicted octanol–water partition coefficient (Wildman–Crippen LogP) is 21.8. The van der Waals surface area contributed by atoms with E-state index < -0.39 is 168 Å². The fourth-order valence-corrected chi connectivity index (χ4v) is 10.6. The van der Waals surface area contributed by atoms with Crippen molar-refractivity contribution in [1.82, 2.24) is 0 Å². The lowest BCUT2D eigenvalue weighted by Crippen LogP contribution is -1.90. The largest absolute Gasteiger partial charge is 0.456 e. The molecule has 0 aliphatic heterocycles. The van der Waals surface area contributed by atoms with Crippen LogP contribution in [0.4, 0.5) is 0 Å². The number of furan rings is 2. The molecule has 16 aromatic rings. The Bertz CT molecular complexity index is 6320. The van der Waals surface area contributed by atoms with Crippen LogP contribution in [-0.4, -0.2) is 0 Å². The van der Waals surface area contributed by atoms with Crippen LogP contribution in [0.15, 0.2) is 299 Å². The Balaban J connectivity index is 0.000000167. The molecule has 0 amide bonds. The van der Waals surface area contributed by atoms with E-state index in [1.807, 2.05) is 97.1 Å². The Morgan fingerprint density at radius 3 is 0.885 bits per heavy atom. The van der Waals surface area contributed by atoms with E-state index in [4.69, 9.17) is 41.7 Å². The van der Waals surface area contributed by atoms with Crippen LogP contribution in [0.3, 0.4) is 0 Å². The van der Waals surface area contributed by atoms with E-state index in [1.54, 1.807) is 36.4 Å². The van der Waals surface area contributed by atoms with Crippen molar-refractivity contribution in [2.75, 3.05) is 0 Å². The van der Waals surface area contributed by atoms with E-state index >= 15 is 0 Å². The zero-order chi connectivity index (χ0) is 74.1. The van der Waals surface area contributed by atoms with Gasteiger partial charge in [0.1, 0.15) is 22.3 Å². The molecule has 2 aromatic heterocycles. The van der Waals surface area contributed by atoms with Crippen molar-refractivity contribution in [2.24, 2.45) is 0 Å². The monoisotopic (exact) mass is 1020 g/mol. The van der Waals surface area contributed by atoms with E-state index in [2.05, 4.69) is 0 Å². The normalized spacial score (nSPS) is 16.3. The summed E-state index contributed by atoms with van der Waals surface area (Å²) in [6.45, 7) is 0. The topological polar surface area (TPSA) is 26.3 Å². The minimum absolute atomic E-state index is 0.0654. The molecule has 0 atom stereocenters. The SMILES string of the molecule is [2H]c1c([2H])c([2H])c(-c2c3c([2H])c([2H])c([2H])c([2H])c3c(-c3ccc4oc5cc(-c6ccccc6)ccc5c4c3)c3c([2H])c([2H])c([2H])c([2H])c23)c([2H])c1[2H].[2H]c1c([2H])c([2H])c(-c2c3c([2H])c([2H])c([2H])c([2H])c3c(-c3ccc4oc5ccc(-c6ccccc6)cc5c4c3)c3c([2H])c([2H])c([2H])c([2H])c23)c([2H])c1[2H]. The van der Waals surface area contributed by atoms with Gasteiger partial charge in [0.25, 0.3) is 0 Å². The van der Waals surface area contributed by atoms with E-state index in [0.29, 0.717) is 44.2 Å². The van der Waals surface area contributed by atoms with Crippen LogP contribution in [-0.2, 0) is 0 Å². The summed E-state index contributed by atoms with van der Waals surface area (Å²) < 4.78 is 240. The molecule has 0 saturated heterocycles. The van der Waals surface area contributed by atoms with Crippen molar-refractivity contribution in [2.45, 2.75) is 0 Å². The standard InChI is InChI=1S/2C38H24O/c1-3-11-25(12-4-1)27-19-21-29-34-23-28(20-22-35(34)39-36(29)24-27)38-32-17-9-7-15-30(32)37(26-13-5-2-6-14-26)31-16-8-10-18-33(31)38;1-3-11-25(12-4-1)27-19-21-35-33(23-27)34-24-28(20-22-36(34)39-35)38-31-17-9-7-15-29(31)37(26-13-5-2-6-14-26)30-16-8-10-18-32(30)38/h2*1-24H/i2*2D,5D,6D,7D,8D,9D,10D,13D,14D,15D,16D,17D,18D. The molecule has 0 spiro atoms. The molecule has 0 unspecified atom stereocenters. The first kappa shape index (κ1) is 26.0. The average molecular weight is 1020 g/mol. The molecule has 16 rings (SSSR count). The lowest BCUT2D eigenvalue weighted by atomic mass is 9.86. The van der Waals surface area contributed by atoms with Crippen molar-refractivity contribution in [3.05, 3.63) is 291 Å². The second-order valence-corrected chi connectivity index (χ2v) is 18.3. The van der Waals surface area contributed by atoms with Gasteiger partial charge in [-0.15, -0.1) is 0 Å². The molecule has 0 bridgehead atoms. The molecule has 2 heteroatoms. The van der Waals surface area contributed by atoms with E-state index in [1.165, 1.54) is 0 Å². The van der Waals surface area contributed by atoms with Gasteiger partial charge >= 0.3 is 0 Å². The number of hydrogen-bond acceptors (Lipinski definition) is 2. The Morgan fingerprint density at radius 1 is 0.192 bits per heavy atom. The third kappa shape index (κ3) is 7.65. The Kier molecular flexibility index (Phi) is 6.27. The van der Waals surface area contributed by atoms with Gasteiger partial charge in [0.15, 0.2) is 0 Å². The highest BCUT2D eigenvalue weighted by Crippen LogP contribution is 2.47. The molecule has 0 fully saturated rings. The van der Waals surface area contributed by atoms with Crippen LogP contribution < -0.4 is 0 Å². The van der Waals surface area contributed by atoms with Crippen molar-refractivity contribution < 1.29 is 44.5 Å². The second-order valence-electron chi connectivity index (χ2n) is 18.3. The smallest absolute Gasteiger partial charge is 0.136 e. The lowest BCUT2D eigenvalue weighted by molar-refractivity contribution is 0.668. The first-order valence-electron chi connectivity index (χ1n) is 37.6. The van der Waals surface area contributed by atoms with Gasteiger partial charge in [-0.1, -0.05) is 242 Å². The Labute approximate surface area is 487 Å². The highest BCUT2D eigenvalue weighted by molar-refractivity contribution is 6.24. The van der Waals surface area contributed by atoms with Crippen LogP contribution in [0.2, 0.25) is 0 Å². The number of fused-ring (bicyclic) bond motifs is 10. The van der Waals surface area contributed by atoms with E-state index in [9.17, 15) is 2.74 Å². The van der Waals surface area contributed by atoms with Crippen LogP contribution in [0.5, 0.6) is 0 Å². The molecule has 0 saturated carbocycles. The summed E-state index contributed by atoms with van der Waals surface area (Å²) in [5, 5.41) is 1.23. The van der Waals surface area contributed by atoms with Gasteiger partial charge in [-0.05, 0) is 158 Å². The first-order valence-corrected chi connectivity index (χ1v) is 24.6. The summed E-state index contributed by atoms with van der Waals surface area (Å²) in [6, 6.07) is 24.5. The van der Waals surface area contributed by atoms with Gasteiger partial charge in [-0.3, -0.25) is 0 Å². The minimum Gasteiger partial charge on any atom is -0.456 e. The molecule has 2 nitrogen and oxygen atoms in total. The van der Waals surface area contributed by atoms with E-state index in [0.717, 1.165) is 33.0 Å². The number of hydrogen-bond donors (Lipinski definition) is 0. The summed E-state index contributed by atoms with van der Waals surface area (Å²) in [6.07, 6.45) is 0. The predicted molar refractivity (Wildman–Crippen MR) is 330 cm³/mol. The lowest BCUT2D eigenvalue weighted by Gasteiger charge is -2.17. The third-order valence-corrected chi connectivity index (χ3v) is 14.0. The molecule has 0 aliphatic carbocycles. The first-order chi connectivity index (χ1) is 49.5. The van der Waals surface area contributed by atoms with Gasteiger partial charge in [-0.25, -0.2) is 0 Å². The fourth-order valence-electron chi connectivity index (χ4n) is 10.6.